The summed E-state index contributed by atoms with van der Waals surface area (Å²) >= 11 is 0. The monoisotopic (exact) mass is 321 g/mol. The second-order valence-electron chi connectivity index (χ2n) is 4.34. The molecule has 0 radical (unpaired) electrons. The maximum atomic E-state index is 12.9. The number of nitro benzene ring substituents is 2. The lowest BCUT2D eigenvalue weighted by Gasteiger charge is -2.10. The Labute approximate surface area is 127 Å². The van der Waals surface area contributed by atoms with Crippen molar-refractivity contribution in [2.45, 2.75) is 0 Å². The van der Waals surface area contributed by atoms with E-state index in [9.17, 15) is 29.4 Å². The number of benzene rings is 2. The number of nitrogens with zero attached hydrogens (tertiary/aromatic N) is 2. The van der Waals surface area contributed by atoms with Crippen LogP contribution < -0.4 is 5.32 Å². The molecule has 0 spiro atoms. The van der Waals surface area contributed by atoms with Gasteiger partial charge >= 0.3 is 5.97 Å². The van der Waals surface area contributed by atoms with Gasteiger partial charge in [-0.1, -0.05) is 0 Å². The molecule has 2 N–H and O–H groups in total. The molecule has 0 amide bonds. The second kappa shape index (κ2) is 6.05. The summed E-state index contributed by atoms with van der Waals surface area (Å²) in [7, 11) is 0. The molecule has 0 aromatic heterocycles. The van der Waals surface area contributed by atoms with Crippen LogP contribution in [0.2, 0.25) is 0 Å². The summed E-state index contributed by atoms with van der Waals surface area (Å²) in [5.74, 6) is -2.13. The molecule has 0 atom stereocenters. The van der Waals surface area contributed by atoms with Crippen LogP contribution >= 0.6 is 0 Å². The van der Waals surface area contributed by atoms with Gasteiger partial charge in [-0.05, 0) is 24.3 Å². The first-order valence-electron chi connectivity index (χ1n) is 6.02. The number of nitrogens with one attached hydrogen (secondary N) is 1. The molecule has 0 aliphatic heterocycles. The number of anilines is 2. The molecule has 2 aromatic rings. The topological polar surface area (TPSA) is 136 Å². The molecule has 10 heteroatoms. The van der Waals surface area contributed by atoms with Crippen molar-refractivity contribution in [3.63, 3.8) is 0 Å². The van der Waals surface area contributed by atoms with E-state index in [4.69, 9.17) is 5.11 Å². The highest BCUT2D eigenvalue weighted by atomic mass is 19.1. The van der Waals surface area contributed by atoms with Crippen LogP contribution in [0.4, 0.5) is 27.1 Å². The quantitative estimate of drug-likeness (QED) is 0.637. The molecule has 0 fully saturated rings. The predicted molar refractivity (Wildman–Crippen MR) is 76.4 cm³/mol. The first-order chi connectivity index (χ1) is 10.8. The third kappa shape index (κ3) is 3.37. The maximum absolute atomic E-state index is 12.9. The Hall–Kier alpha value is -3.56. The van der Waals surface area contributed by atoms with Crippen LogP contribution in [0.3, 0.4) is 0 Å². The number of hydrogen-bond donors (Lipinski definition) is 2. The van der Waals surface area contributed by atoms with Crippen LogP contribution in [-0.4, -0.2) is 20.9 Å². The van der Waals surface area contributed by atoms with Gasteiger partial charge in [0.05, 0.1) is 21.5 Å². The van der Waals surface area contributed by atoms with Gasteiger partial charge in [-0.3, -0.25) is 20.2 Å². The molecule has 0 bridgehead atoms. The smallest absolute Gasteiger partial charge is 0.338 e. The Morgan fingerprint density at radius 2 is 1.70 bits per heavy atom. The zero-order valence-corrected chi connectivity index (χ0v) is 11.2. The number of nitro groups is 2. The number of hydrogen-bond acceptors (Lipinski definition) is 6. The Bertz CT molecular complexity index is 771. The zero-order chi connectivity index (χ0) is 17.1. The second-order valence-corrected chi connectivity index (χ2v) is 4.34. The third-order valence-electron chi connectivity index (χ3n) is 2.85. The Kier molecular flexibility index (Phi) is 4.16. The normalized spacial score (nSPS) is 10.1. The minimum Gasteiger partial charge on any atom is -0.478 e. The molecule has 9 nitrogen and oxygen atoms in total. The van der Waals surface area contributed by atoms with Crippen molar-refractivity contribution in [3.8, 4) is 0 Å². The first kappa shape index (κ1) is 15.8. The van der Waals surface area contributed by atoms with Crippen molar-refractivity contribution >= 4 is 28.7 Å². The van der Waals surface area contributed by atoms with Crippen molar-refractivity contribution in [2.24, 2.45) is 0 Å². The summed E-state index contributed by atoms with van der Waals surface area (Å²) in [4.78, 5) is 31.3. The standard InChI is InChI=1S/C13H8FN3O6/c14-7-1-3-8(4-2-7)15-12-10(13(18)19)5-9(16(20)21)6-11(12)17(22)23/h1-6,15H,(H,18,19). The van der Waals surface area contributed by atoms with Crippen LogP contribution in [-0.2, 0) is 0 Å². The molecular formula is C13H8FN3O6. The van der Waals surface area contributed by atoms with Crippen LogP contribution in [0.25, 0.3) is 0 Å². The van der Waals surface area contributed by atoms with Gasteiger partial charge < -0.3 is 10.4 Å². The van der Waals surface area contributed by atoms with Crippen LogP contribution in [0.15, 0.2) is 36.4 Å². The number of non-ortho nitro benzene ring substituents is 1. The fraction of sp³-hybridized carbons (Fsp3) is 0. The van der Waals surface area contributed by atoms with Crippen molar-refractivity contribution in [3.05, 3.63) is 68.0 Å². The van der Waals surface area contributed by atoms with E-state index in [1.807, 2.05) is 0 Å². The fourth-order valence-corrected chi connectivity index (χ4v) is 1.84. The van der Waals surface area contributed by atoms with Crippen LogP contribution in [0.1, 0.15) is 10.4 Å². The van der Waals surface area contributed by atoms with E-state index in [1.54, 1.807) is 0 Å². The molecule has 0 saturated carbocycles. The molecule has 2 rings (SSSR count). The Morgan fingerprint density at radius 3 is 2.17 bits per heavy atom. The fourth-order valence-electron chi connectivity index (χ4n) is 1.84. The molecule has 0 aliphatic rings. The lowest BCUT2D eigenvalue weighted by molar-refractivity contribution is -0.393. The van der Waals surface area contributed by atoms with E-state index in [-0.39, 0.29) is 5.69 Å². The Balaban J connectivity index is 2.63. The van der Waals surface area contributed by atoms with E-state index in [0.29, 0.717) is 12.1 Å². The Morgan fingerprint density at radius 1 is 1.09 bits per heavy atom. The number of carboxylic acids is 1. The van der Waals surface area contributed by atoms with Crippen molar-refractivity contribution in [1.29, 1.82) is 0 Å². The van der Waals surface area contributed by atoms with Crippen molar-refractivity contribution in [2.75, 3.05) is 5.32 Å². The minimum atomic E-state index is -1.58. The molecule has 0 unspecified atom stereocenters. The van der Waals surface area contributed by atoms with Crippen molar-refractivity contribution < 1.29 is 24.1 Å². The summed E-state index contributed by atoms with van der Waals surface area (Å²) in [5.41, 5.74) is -2.39. The number of aromatic carboxylic acids is 1. The van der Waals surface area contributed by atoms with E-state index in [0.717, 1.165) is 12.1 Å². The summed E-state index contributed by atoms with van der Waals surface area (Å²) in [6.45, 7) is 0. The maximum Gasteiger partial charge on any atom is 0.338 e. The number of carbonyl (C=O) groups is 1. The van der Waals surface area contributed by atoms with E-state index >= 15 is 0 Å². The van der Waals surface area contributed by atoms with Gasteiger partial charge in [0.15, 0.2) is 0 Å². The SMILES string of the molecule is O=C(O)c1cc([N+](=O)[O-])cc([N+](=O)[O-])c1Nc1ccc(F)cc1. The van der Waals surface area contributed by atoms with Crippen molar-refractivity contribution in [1.82, 2.24) is 0 Å². The highest BCUT2D eigenvalue weighted by Crippen LogP contribution is 2.35. The average molecular weight is 321 g/mol. The van der Waals surface area contributed by atoms with E-state index in [2.05, 4.69) is 5.32 Å². The molecular weight excluding hydrogens is 313 g/mol. The lowest BCUT2D eigenvalue weighted by Crippen LogP contribution is -2.07. The number of rotatable bonds is 5. The summed E-state index contributed by atoms with van der Waals surface area (Å²) in [5, 5.41) is 33.5. The highest BCUT2D eigenvalue weighted by Gasteiger charge is 2.27. The summed E-state index contributed by atoms with van der Waals surface area (Å²) in [6, 6.07) is 5.98. The van der Waals surface area contributed by atoms with Gasteiger partial charge in [-0.25, -0.2) is 9.18 Å². The van der Waals surface area contributed by atoms with Gasteiger partial charge in [-0.2, -0.15) is 0 Å². The van der Waals surface area contributed by atoms with Gasteiger partial charge in [0.1, 0.15) is 11.5 Å². The molecule has 0 aliphatic carbocycles. The third-order valence-corrected chi connectivity index (χ3v) is 2.85. The van der Waals surface area contributed by atoms with E-state index in [1.165, 1.54) is 12.1 Å². The van der Waals surface area contributed by atoms with E-state index < -0.39 is 44.3 Å². The highest BCUT2D eigenvalue weighted by molar-refractivity contribution is 5.99. The van der Waals surface area contributed by atoms with Gasteiger partial charge in [0, 0.05) is 11.8 Å². The average Bonchev–Trinajstić information content (AvgIpc) is 2.48. The first-order valence-corrected chi connectivity index (χ1v) is 6.02. The van der Waals surface area contributed by atoms with Gasteiger partial charge in [0.2, 0.25) is 0 Å². The molecule has 23 heavy (non-hydrogen) atoms. The minimum absolute atomic E-state index is 0.186. The van der Waals surface area contributed by atoms with Crippen LogP contribution in [0.5, 0.6) is 0 Å². The molecule has 118 valence electrons. The number of carboxylic acid groups (broad SMARTS) is 1. The van der Waals surface area contributed by atoms with Gasteiger partial charge in [0.25, 0.3) is 11.4 Å². The summed E-state index contributed by atoms with van der Waals surface area (Å²) < 4.78 is 12.9. The lowest BCUT2D eigenvalue weighted by atomic mass is 10.1. The zero-order valence-electron chi connectivity index (χ0n) is 11.2. The predicted octanol–water partition coefficient (Wildman–Crippen LogP) is 3.08. The molecule has 0 heterocycles. The van der Waals surface area contributed by atoms with Gasteiger partial charge in [-0.15, -0.1) is 0 Å². The molecule has 0 saturated heterocycles. The number of halogens is 1. The van der Waals surface area contributed by atoms with Crippen LogP contribution in [0, 0.1) is 26.0 Å². The largest absolute Gasteiger partial charge is 0.478 e. The molecule has 2 aromatic carbocycles. The summed E-state index contributed by atoms with van der Waals surface area (Å²) in [6.07, 6.45) is 0.